The van der Waals surface area contributed by atoms with Gasteiger partial charge in [-0.25, -0.2) is 0 Å². The molecule has 0 bridgehead atoms. The minimum absolute atomic E-state index is 0.0198. The number of aliphatic hydroxyl groups is 1. The second kappa shape index (κ2) is 5.34. The third-order valence-corrected chi connectivity index (χ3v) is 6.59. The molecule has 3 nitrogen and oxygen atoms in total. The number of aliphatic carboxylic acids is 1. The van der Waals surface area contributed by atoms with Crippen LogP contribution in [0.2, 0.25) is 0 Å². The van der Waals surface area contributed by atoms with Gasteiger partial charge in [0.2, 0.25) is 0 Å². The van der Waals surface area contributed by atoms with Crippen molar-refractivity contribution in [2.24, 2.45) is 11.3 Å². The van der Waals surface area contributed by atoms with Gasteiger partial charge in [-0.05, 0) is 60.1 Å². The Bertz CT molecular complexity index is 636. The number of carboxylic acids is 1. The Morgan fingerprint density at radius 1 is 1.26 bits per heavy atom. The lowest BCUT2D eigenvalue weighted by Gasteiger charge is -2.54. The smallest absolute Gasteiger partial charge is 0.309 e. The van der Waals surface area contributed by atoms with Gasteiger partial charge in [0.25, 0.3) is 0 Å². The minimum atomic E-state index is -0.748. The molecule has 1 aromatic rings. The van der Waals surface area contributed by atoms with Crippen molar-refractivity contribution < 1.29 is 15.0 Å². The van der Waals surface area contributed by atoms with E-state index in [9.17, 15) is 15.0 Å². The fourth-order valence-corrected chi connectivity index (χ4v) is 5.06. The predicted octanol–water partition coefficient (Wildman–Crippen LogP) is 4.40. The lowest BCUT2D eigenvalue weighted by atomic mass is 9.49. The van der Waals surface area contributed by atoms with Gasteiger partial charge in [0.1, 0.15) is 0 Å². The Morgan fingerprint density at radius 2 is 1.96 bits per heavy atom. The van der Waals surface area contributed by atoms with Crippen LogP contribution in [0.15, 0.2) is 18.2 Å². The van der Waals surface area contributed by atoms with Gasteiger partial charge in [-0.3, -0.25) is 4.79 Å². The molecule has 0 aliphatic heterocycles. The largest absolute Gasteiger partial charge is 0.481 e. The quantitative estimate of drug-likeness (QED) is 0.850. The number of fused-ring (bicyclic) bond motifs is 3. The summed E-state index contributed by atoms with van der Waals surface area (Å²) >= 11 is 0. The molecule has 1 saturated carbocycles. The molecule has 23 heavy (non-hydrogen) atoms. The number of aliphatic hydroxyl groups excluding tert-OH is 1. The molecule has 0 radical (unpaired) electrons. The fourth-order valence-electron chi connectivity index (χ4n) is 5.06. The molecule has 0 spiro atoms. The second-order valence-corrected chi connectivity index (χ2v) is 8.30. The average Bonchev–Trinajstić information content (AvgIpc) is 2.49. The second-order valence-electron chi connectivity index (χ2n) is 8.30. The Labute approximate surface area is 138 Å². The molecule has 0 saturated heterocycles. The number of carboxylic acid groups (broad SMARTS) is 1. The molecule has 3 rings (SSSR count). The van der Waals surface area contributed by atoms with E-state index in [1.165, 1.54) is 5.56 Å². The van der Waals surface area contributed by atoms with Gasteiger partial charge in [-0.2, -0.15) is 0 Å². The summed E-state index contributed by atoms with van der Waals surface area (Å²) < 4.78 is 0. The number of carbonyl (C=O) groups is 1. The molecular weight excluding hydrogens is 288 g/mol. The van der Waals surface area contributed by atoms with Crippen molar-refractivity contribution in [2.45, 2.75) is 70.8 Å². The topological polar surface area (TPSA) is 57.5 Å². The Balaban J connectivity index is 2.14. The first-order valence-electron chi connectivity index (χ1n) is 8.76. The summed E-state index contributed by atoms with van der Waals surface area (Å²) in [5, 5.41) is 20.6. The molecule has 2 N–H and O–H groups in total. The maximum absolute atomic E-state index is 12.0. The molecular formula is C20H28O3. The van der Waals surface area contributed by atoms with E-state index >= 15 is 0 Å². The zero-order valence-corrected chi connectivity index (χ0v) is 14.6. The number of hydrogen-bond donors (Lipinski definition) is 2. The van der Waals surface area contributed by atoms with Crippen molar-refractivity contribution in [1.82, 2.24) is 0 Å². The van der Waals surface area contributed by atoms with Crippen LogP contribution in [-0.4, -0.2) is 16.2 Å². The van der Waals surface area contributed by atoms with Crippen LogP contribution in [-0.2, 0) is 10.2 Å². The summed E-state index contributed by atoms with van der Waals surface area (Å²) in [6, 6.07) is 6.43. The van der Waals surface area contributed by atoms with E-state index in [4.69, 9.17) is 0 Å². The van der Waals surface area contributed by atoms with Crippen molar-refractivity contribution in [3.05, 3.63) is 34.9 Å². The zero-order chi connectivity index (χ0) is 17.0. The van der Waals surface area contributed by atoms with Crippen LogP contribution in [0.5, 0.6) is 0 Å². The van der Waals surface area contributed by atoms with Gasteiger partial charge < -0.3 is 10.2 Å². The summed E-state index contributed by atoms with van der Waals surface area (Å²) in [5.41, 5.74) is 2.52. The van der Waals surface area contributed by atoms with Gasteiger partial charge in [0.15, 0.2) is 0 Å². The highest BCUT2D eigenvalue weighted by Crippen LogP contribution is 2.59. The lowest BCUT2D eigenvalue weighted by molar-refractivity contribution is -0.159. The van der Waals surface area contributed by atoms with Gasteiger partial charge in [-0.15, -0.1) is 0 Å². The molecule has 3 heteroatoms. The molecule has 126 valence electrons. The van der Waals surface area contributed by atoms with E-state index in [0.29, 0.717) is 18.8 Å². The summed E-state index contributed by atoms with van der Waals surface area (Å²) in [6.07, 6.45) is 2.62. The fraction of sp³-hybridized carbons (Fsp3) is 0.650. The highest BCUT2D eigenvalue weighted by Gasteiger charge is 2.56. The van der Waals surface area contributed by atoms with E-state index in [1.54, 1.807) is 0 Å². The van der Waals surface area contributed by atoms with Crippen LogP contribution >= 0.6 is 0 Å². The molecule has 1 aromatic carbocycles. The predicted molar refractivity (Wildman–Crippen MR) is 90.5 cm³/mol. The van der Waals surface area contributed by atoms with Gasteiger partial charge in [0.05, 0.1) is 11.5 Å². The molecule has 0 unspecified atom stereocenters. The highest BCUT2D eigenvalue weighted by molar-refractivity contribution is 5.75. The molecule has 0 aromatic heterocycles. The van der Waals surface area contributed by atoms with Gasteiger partial charge in [0, 0.05) is 0 Å². The molecule has 0 amide bonds. The van der Waals surface area contributed by atoms with Crippen molar-refractivity contribution in [3.63, 3.8) is 0 Å². The molecule has 2 aliphatic rings. The van der Waals surface area contributed by atoms with Crippen LogP contribution in [0.1, 0.15) is 82.1 Å². The van der Waals surface area contributed by atoms with Crippen molar-refractivity contribution >= 4 is 5.97 Å². The summed E-state index contributed by atoms with van der Waals surface area (Å²) in [7, 11) is 0. The van der Waals surface area contributed by atoms with Crippen LogP contribution in [0.25, 0.3) is 0 Å². The Kier molecular flexibility index (Phi) is 3.83. The number of rotatable bonds is 2. The van der Waals surface area contributed by atoms with E-state index in [1.807, 2.05) is 6.92 Å². The maximum Gasteiger partial charge on any atom is 0.309 e. The van der Waals surface area contributed by atoms with E-state index in [-0.39, 0.29) is 11.3 Å². The Morgan fingerprint density at radius 3 is 2.57 bits per heavy atom. The van der Waals surface area contributed by atoms with E-state index in [2.05, 4.69) is 39.0 Å². The van der Waals surface area contributed by atoms with Crippen LogP contribution in [0.3, 0.4) is 0 Å². The first kappa shape index (κ1) is 16.5. The highest BCUT2D eigenvalue weighted by atomic mass is 16.4. The lowest BCUT2D eigenvalue weighted by Crippen LogP contribution is -2.53. The molecule has 2 aliphatic carbocycles. The standard InChI is InChI=1S/C20H28O3/c1-12(2)13-6-7-15-14(10-13)16(21)11-17-19(15,3)8-5-9-20(17,4)18(22)23/h6-7,10,12,16-17,21H,5,8-9,11H2,1-4H3,(H,22,23)/t16-,17+,19+,20+/m0/s1. The number of hydrogen-bond acceptors (Lipinski definition) is 2. The van der Waals surface area contributed by atoms with Gasteiger partial charge >= 0.3 is 5.97 Å². The van der Waals surface area contributed by atoms with E-state index in [0.717, 1.165) is 24.0 Å². The van der Waals surface area contributed by atoms with Crippen molar-refractivity contribution in [2.75, 3.05) is 0 Å². The van der Waals surface area contributed by atoms with Crippen molar-refractivity contribution in [1.29, 1.82) is 0 Å². The minimum Gasteiger partial charge on any atom is -0.481 e. The number of benzene rings is 1. The monoisotopic (exact) mass is 316 g/mol. The van der Waals surface area contributed by atoms with Crippen LogP contribution < -0.4 is 0 Å². The van der Waals surface area contributed by atoms with Gasteiger partial charge in [-0.1, -0.05) is 45.4 Å². The average molecular weight is 316 g/mol. The maximum atomic E-state index is 12.0. The van der Waals surface area contributed by atoms with Crippen LogP contribution in [0, 0.1) is 11.3 Å². The third kappa shape index (κ3) is 2.32. The zero-order valence-electron chi connectivity index (χ0n) is 14.6. The summed E-state index contributed by atoms with van der Waals surface area (Å²) in [5.74, 6) is -0.315. The summed E-state index contributed by atoms with van der Waals surface area (Å²) in [6.45, 7) is 8.39. The SMILES string of the molecule is CC(C)c1ccc2c(c1)[C@@H](O)C[C@H]1[C@](C)(C(=O)O)CCC[C@]21C. The first-order valence-corrected chi connectivity index (χ1v) is 8.76. The molecule has 0 heterocycles. The van der Waals surface area contributed by atoms with E-state index < -0.39 is 17.5 Å². The Hall–Kier alpha value is -1.35. The van der Waals surface area contributed by atoms with Crippen LogP contribution in [0.4, 0.5) is 0 Å². The van der Waals surface area contributed by atoms with Crippen molar-refractivity contribution in [3.8, 4) is 0 Å². The molecule has 4 atom stereocenters. The molecule has 1 fully saturated rings. The summed E-state index contributed by atoms with van der Waals surface area (Å²) in [4.78, 5) is 12.0. The normalized spacial score (nSPS) is 36.4. The third-order valence-electron chi connectivity index (χ3n) is 6.59. The first-order chi connectivity index (χ1) is 10.7.